The molecule has 0 aliphatic carbocycles. The van der Waals surface area contributed by atoms with Gasteiger partial charge >= 0.3 is 0 Å². The number of carbonyl (C=O) groups is 1. The minimum atomic E-state index is -3.49. The van der Waals surface area contributed by atoms with E-state index in [0.717, 1.165) is 25.2 Å². The van der Waals surface area contributed by atoms with Crippen molar-refractivity contribution in [2.45, 2.75) is 64.8 Å². The van der Waals surface area contributed by atoms with Crippen molar-refractivity contribution in [2.24, 2.45) is 5.73 Å². The van der Waals surface area contributed by atoms with Gasteiger partial charge in [-0.05, 0) is 80.6 Å². The summed E-state index contributed by atoms with van der Waals surface area (Å²) in [5, 5.41) is 16.5. The fourth-order valence-corrected chi connectivity index (χ4v) is 4.12. The molecule has 1 heterocycles. The van der Waals surface area contributed by atoms with Crippen molar-refractivity contribution in [3.63, 3.8) is 0 Å². The first kappa shape index (κ1) is 33.0. The molecule has 0 spiro atoms. The number of methoxy groups -OCH3 is 1. The molecule has 4 rings (SSSR count). The molecule has 1 aromatic heterocycles. The monoisotopic (exact) mass is 592 g/mol. The highest BCUT2D eigenvalue weighted by molar-refractivity contribution is 5.81. The first-order valence-electron chi connectivity index (χ1n) is 13.7. The quantitative estimate of drug-likeness (QED) is 0.217. The number of aromatic nitrogens is 2. The lowest BCUT2D eigenvalue weighted by molar-refractivity contribution is -0.121. The van der Waals surface area contributed by atoms with Gasteiger partial charge in [0.1, 0.15) is 22.8 Å². The number of nitriles is 1. The summed E-state index contributed by atoms with van der Waals surface area (Å²) in [5.41, 5.74) is 7.54. The lowest BCUT2D eigenvalue weighted by Crippen LogP contribution is -2.34. The number of carbonyl (C=O) groups excluding carboxylic acids is 1. The highest BCUT2D eigenvalue weighted by Gasteiger charge is 2.37. The van der Waals surface area contributed by atoms with Crippen molar-refractivity contribution >= 4 is 5.78 Å². The maximum Gasteiger partial charge on any atom is 0.275 e. The van der Waals surface area contributed by atoms with Crippen molar-refractivity contribution in [3.05, 3.63) is 89.1 Å². The third-order valence-corrected chi connectivity index (χ3v) is 6.96. The van der Waals surface area contributed by atoms with Gasteiger partial charge in [-0.25, -0.2) is 13.2 Å². The van der Waals surface area contributed by atoms with E-state index < -0.39 is 41.0 Å². The number of nitrogens with zero attached hydrogens (tertiary/aromatic N) is 3. The summed E-state index contributed by atoms with van der Waals surface area (Å²) < 4.78 is 53.9. The Morgan fingerprint density at radius 1 is 1.07 bits per heavy atom. The van der Waals surface area contributed by atoms with E-state index in [2.05, 4.69) is 53.5 Å². The van der Waals surface area contributed by atoms with Gasteiger partial charge in [0, 0.05) is 12.0 Å². The Bertz CT molecular complexity index is 1550. The number of ketones is 1. The number of hydrogen-bond acceptors (Lipinski definition) is 7. The van der Waals surface area contributed by atoms with Crippen LogP contribution in [0.15, 0.2) is 65.1 Å². The topological polar surface area (TPSA) is 115 Å². The zero-order valence-corrected chi connectivity index (χ0v) is 25.0. The summed E-state index contributed by atoms with van der Waals surface area (Å²) in [6.07, 6.45) is 0.159. The lowest BCUT2D eigenvalue weighted by Gasteiger charge is -2.22. The molecule has 1 atom stereocenters. The second-order valence-corrected chi connectivity index (χ2v) is 10.7. The van der Waals surface area contributed by atoms with Crippen LogP contribution in [-0.2, 0) is 22.6 Å². The predicted molar refractivity (Wildman–Crippen MR) is 158 cm³/mol. The van der Waals surface area contributed by atoms with Crippen LogP contribution in [0, 0.1) is 24.1 Å². The summed E-state index contributed by atoms with van der Waals surface area (Å²) in [6, 6.07) is 19.3. The Kier molecular flexibility index (Phi) is 10.5. The summed E-state index contributed by atoms with van der Waals surface area (Å²) in [4.78, 5) is 11.2. The molecule has 2 N–H and O–H groups in total. The van der Waals surface area contributed by atoms with Gasteiger partial charge in [-0.2, -0.15) is 5.26 Å². The average Bonchev–Trinajstić information content (AvgIpc) is 3.49. The number of nitrogens with two attached hydrogens (primary N) is 1. The van der Waals surface area contributed by atoms with E-state index in [0.29, 0.717) is 6.07 Å². The van der Waals surface area contributed by atoms with Gasteiger partial charge in [0.05, 0.1) is 24.8 Å². The van der Waals surface area contributed by atoms with Crippen LogP contribution in [0.3, 0.4) is 0 Å². The molecule has 43 heavy (non-hydrogen) atoms. The SMILES string of the molecule is CC(=O)C(N)CC(F)(F)c1cc(F)c(-c2nnc(C(C)(C)C#N)o2)cc1C.CCc1ccc(-c2ccc(OC)cc2)cc1. The van der Waals surface area contributed by atoms with Crippen molar-refractivity contribution in [2.75, 3.05) is 7.11 Å². The second-order valence-electron chi connectivity index (χ2n) is 10.7. The lowest BCUT2D eigenvalue weighted by atomic mass is 9.94. The van der Waals surface area contributed by atoms with E-state index in [1.165, 1.54) is 23.6 Å². The van der Waals surface area contributed by atoms with E-state index in [9.17, 15) is 18.0 Å². The van der Waals surface area contributed by atoms with Gasteiger partial charge < -0.3 is 14.9 Å². The molecule has 0 fully saturated rings. The third-order valence-electron chi connectivity index (χ3n) is 6.96. The van der Waals surface area contributed by atoms with Crippen molar-refractivity contribution in [1.29, 1.82) is 5.26 Å². The highest BCUT2D eigenvalue weighted by Crippen LogP contribution is 2.38. The number of aryl methyl sites for hydroxylation is 2. The van der Waals surface area contributed by atoms with Gasteiger partial charge in [-0.1, -0.05) is 43.3 Å². The van der Waals surface area contributed by atoms with Crippen LogP contribution in [0.25, 0.3) is 22.6 Å². The Hall–Kier alpha value is -4.49. The molecule has 0 saturated heterocycles. The fourth-order valence-electron chi connectivity index (χ4n) is 4.12. The van der Waals surface area contributed by atoms with Crippen LogP contribution in [-0.4, -0.2) is 29.1 Å². The van der Waals surface area contributed by atoms with E-state index in [-0.39, 0.29) is 22.9 Å². The van der Waals surface area contributed by atoms with Crippen LogP contribution in [0.1, 0.15) is 56.7 Å². The largest absolute Gasteiger partial charge is 0.497 e. The number of benzene rings is 3. The maximum atomic E-state index is 14.5. The van der Waals surface area contributed by atoms with E-state index in [1.54, 1.807) is 21.0 Å². The highest BCUT2D eigenvalue weighted by atomic mass is 19.3. The molecule has 0 aliphatic rings. The van der Waals surface area contributed by atoms with Gasteiger partial charge in [-0.3, -0.25) is 4.79 Å². The van der Waals surface area contributed by atoms with Crippen molar-refractivity contribution < 1.29 is 27.1 Å². The number of hydrogen-bond donors (Lipinski definition) is 1. The standard InChI is InChI=1S/C18H19F3N4O2.C15H16O/c1-9-5-11(15-24-25-16(27-15)17(3,4)8-22)13(19)6-12(9)18(20,21)7-14(23)10(2)26;1-3-12-4-6-13(7-5-12)14-8-10-15(16-2)11-9-14/h5-6,14H,7,23H2,1-4H3;4-11H,3H2,1-2H3. The first-order valence-corrected chi connectivity index (χ1v) is 13.7. The third kappa shape index (κ3) is 8.08. The molecule has 0 radical (unpaired) electrons. The van der Waals surface area contributed by atoms with Gasteiger partial charge in [0.2, 0.25) is 5.89 Å². The molecular formula is C33H35F3N4O3. The van der Waals surface area contributed by atoms with Gasteiger partial charge in [0.15, 0.2) is 0 Å². The summed E-state index contributed by atoms with van der Waals surface area (Å²) in [6.45, 7) is 7.76. The van der Waals surface area contributed by atoms with Crippen molar-refractivity contribution in [1.82, 2.24) is 10.2 Å². The number of rotatable bonds is 9. The minimum Gasteiger partial charge on any atom is -0.497 e. The number of ether oxygens (including phenoxy) is 1. The Morgan fingerprint density at radius 2 is 1.65 bits per heavy atom. The molecule has 0 aliphatic heterocycles. The van der Waals surface area contributed by atoms with Crippen LogP contribution in [0.2, 0.25) is 0 Å². The van der Waals surface area contributed by atoms with Crippen LogP contribution in [0.4, 0.5) is 13.2 Å². The van der Waals surface area contributed by atoms with E-state index in [1.807, 2.05) is 18.2 Å². The Morgan fingerprint density at radius 3 is 2.16 bits per heavy atom. The second kappa shape index (κ2) is 13.7. The molecule has 0 bridgehead atoms. The van der Waals surface area contributed by atoms with Gasteiger partial charge in [0.25, 0.3) is 11.8 Å². The van der Waals surface area contributed by atoms with Gasteiger partial charge in [-0.15, -0.1) is 10.2 Å². The van der Waals surface area contributed by atoms with Crippen molar-refractivity contribution in [3.8, 4) is 34.4 Å². The molecule has 10 heteroatoms. The summed E-state index contributed by atoms with van der Waals surface area (Å²) in [5.74, 6) is -4.39. The maximum absolute atomic E-state index is 14.5. The predicted octanol–water partition coefficient (Wildman–Crippen LogP) is 7.31. The Labute approximate surface area is 249 Å². The van der Waals surface area contributed by atoms with Crippen LogP contribution < -0.4 is 10.5 Å². The molecule has 3 aromatic carbocycles. The van der Waals surface area contributed by atoms with Crippen LogP contribution >= 0.6 is 0 Å². The normalized spacial score (nSPS) is 12.1. The molecule has 1 unspecified atom stereocenters. The Balaban J connectivity index is 0.000000268. The summed E-state index contributed by atoms with van der Waals surface area (Å²) >= 11 is 0. The zero-order valence-electron chi connectivity index (χ0n) is 25.0. The molecule has 226 valence electrons. The number of halogens is 3. The van der Waals surface area contributed by atoms with E-state index in [4.69, 9.17) is 20.1 Å². The summed E-state index contributed by atoms with van der Waals surface area (Å²) in [7, 11) is 1.69. The molecular weight excluding hydrogens is 557 g/mol. The smallest absolute Gasteiger partial charge is 0.275 e. The zero-order chi connectivity index (χ0) is 31.9. The molecule has 4 aromatic rings. The number of alkyl halides is 2. The number of Topliss-reactive ketones (excluding diaryl/α,β-unsaturated/α-hetero) is 1. The first-order chi connectivity index (χ1) is 20.2. The van der Waals surface area contributed by atoms with Crippen LogP contribution in [0.5, 0.6) is 5.75 Å². The average molecular weight is 593 g/mol. The molecule has 0 amide bonds. The fraction of sp³-hybridized carbons (Fsp3) is 0.333. The van der Waals surface area contributed by atoms with E-state index >= 15 is 0 Å². The molecule has 7 nitrogen and oxygen atoms in total. The minimum absolute atomic E-state index is 0.0149. The molecule has 0 saturated carbocycles.